The van der Waals surface area contributed by atoms with Crippen LogP contribution in [0.1, 0.15) is 310 Å². The molecule has 6 aliphatic rings. The zero-order valence-corrected chi connectivity index (χ0v) is 84.4. The Hall–Kier alpha value is -10.9. The lowest BCUT2D eigenvalue weighted by atomic mass is 9.67. The first kappa shape index (κ1) is 90.1. The molecular weight excluding hydrogens is 1560 g/mol. The molecule has 0 amide bonds. The lowest BCUT2D eigenvalue weighted by molar-refractivity contribution is -0.662. The molecule has 0 bridgehead atoms. The third-order valence-electron chi connectivity index (χ3n) is 31.3. The highest BCUT2D eigenvalue weighted by molar-refractivity contribution is 6.05. The van der Waals surface area contributed by atoms with Crippen LogP contribution in [0, 0.1) is 66.2 Å². The molecule has 15 aromatic rings. The van der Waals surface area contributed by atoms with E-state index in [-0.39, 0.29) is 37.9 Å². The average molecular weight is 1710 g/mol. The van der Waals surface area contributed by atoms with Crippen molar-refractivity contribution in [2.75, 3.05) is 0 Å². The van der Waals surface area contributed by atoms with Crippen LogP contribution in [-0.2, 0) is 75.2 Å². The minimum atomic E-state index is -0.0278. The molecule has 7 heteroatoms. The van der Waals surface area contributed by atoms with Crippen molar-refractivity contribution in [2.24, 2.45) is 46.1 Å². The van der Waals surface area contributed by atoms with Crippen LogP contribution in [0.15, 0.2) is 183 Å². The van der Waals surface area contributed by atoms with E-state index in [0.717, 1.165) is 29.8 Å². The summed E-state index contributed by atoms with van der Waals surface area (Å²) in [5, 5.41) is 11.1. The van der Waals surface area contributed by atoms with Crippen LogP contribution in [0.3, 0.4) is 0 Å². The molecule has 662 valence electrons. The van der Waals surface area contributed by atoms with Crippen molar-refractivity contribution in [3.63, 3.8) is 0 Å². The summed E-state index contributed by atoms with van der Waals surface area (Å²) < 4.78 is 11.3. The van der Waals surface area contributed by atoms with Crippen LogP contribution >= 0.6 is 0 Å². The Balaban J connectivity index is 0.000000113. The summed E-state index contributed by atoms with van der Waals surface area (Å²) in [6.45, 7) is 64.7. The van der Waals surface area contributed by atoms with Crippen molar-refractivity contribution in [3.8, 4) is 56.3 Å². The maximum absolute atomic E-state index is 4.78. The van der Waals surface area contributed by atoms with Gasteiger partial charge in [0.05, 0.1) is 57.7 Å². The molecule has 6 aliphatic carbocycles. The van der Waals surface area contributed by atoms with Crippen LogP contribution < -0.4 is 22.8 Å². The number of fused-ring (bicyclic) bond motifs is 10. The highest BCUT2D eigenvalue weighted by Crippen LogP contribution is 2.56. The fourth-order valence-electron chi connectivity index (χ4n) is 23.6. The summed E-state index contributed by atoms with van der Waals surface area (Å²) in [6.07, 6.45) is 18.3. The molecule has 0 saturated heterocycles. The Morgan fingerprint density at radius 1 is 0.318 bits per heavy atom. The van der Waals surface area contributed by atoms with Gasteiger partial charge in [-0.2, -0.15) is 0 Å². The molecule has 1 saturated carbocycles. The smallest absolute Gasteiger partial charge is 0.232 e. The molecule has 1 fully saturated rings. The molecule has 21 rings (SSSR count). The fraction of sp³-hybridized carbons (Fsp3) is 0.402. The Morgan fingerprint density at radius 2 is 0.620 bits per heavy atom. The van der Waals surface area contributed by atoms with Crippen molar-refractivity contribution in [1.29, 1.82) is 0 Å². The summed E-state index contributed by atoms with van der Waals surface area (Å²) in [6, 6.07) is 58.5. The van der Waals surface area contributed by atoms with Gasteiger partial charge >= 0.3 is 0 Å². The molecule has 0 unspecified atom stereocenters. The fourth-order valence-corrected chi connectivity index (χ4v) is 23.6. The van der Waals surface area contributed by atoms with Crippen LogP contribution in [0.4, 0.5) is 0 Å². The summed E-state index contributed by atoms with van der Waals surface area (Å²) in [4.78, 5) is 9.54. The minimum Gasteiger partial charge on any atom is -0.232 e. The monoisotopic (exact) mass is 1710 g/mol. The van der Waals surface area contributed by atoms with Crippen molar-refractivity contribution >= 4 is 54.1 Å². The maximum Gasteiger partial charge on any atom is 0.287 e. The van der Waals surface area contributed by atoms with Gasteiger partial charge in [-0.05, 0) is 276 Å². The summed E-state index contributed by atoms with van der Waals surface area (Å²) in [5.74, 6) is 1.75. The molecule has 5 aromatic heterocycles. The predicted octanol–water partition coefficient (Wildman–Crippen LogP) is 28.2. The zero-order valence-electron chi connectivity index (χ0n) is 84.4. The number of nitrogens with zero attached hydrogens (tertiary/aromatic N) is 7. The van der Waals surface area contributed by atoms with Gasteiger partial charge in [-0.3, -0.25) is 0 Å². The lowest BCUT2D eigenvalue weighted by Crippen LogP contribution is -2.36. The topological polar surface area (TPSA) is 45.2 Å². The maximum atomic E-state index is 4.78. The van der Waals surface area contributed by atoms with E-state index in [9.17, 15) is 0 Å². The quantitative estimate of drug-likeness (QED) is 0.161. The van der Waals surface area contributed by atoms with Gasteiger partial charge in [-0.25, -0.2) is 22.8 Å². The van der Waals surface area contributed by atoms with Gasteiger partial charge in [0.25, 0.3) is 12.7 Å². The molecule has 10 aromatic carbocycles. The van der Waals surface area contributed by atoms with Crippen LogP contribution in [-0.4, -0.2) is 9.97 Å². The van der Waals surface area contributed by atoms with Gasteiger partial charge in [-0.1, -0.05) is 273 Å². The van der Waals surface area contributed by atoms with Gasteiger partial charge in [-0.15, -0.1) is 0 Å². The predicted molar refractivity (Wildman–Crippen MR) is 543 cm³/mol. The van der Waals surface area contributed by atoms with Crippen molar-refractivity contribution in [2.45, 2.75) is 277 Å². The van der Waals surface area contributed by atoms with Gasteiger partial charge in [0.2, 0.25) is 17.1 Å². The van der Waals surface area contributed by atoms with Gasteiger partial charge in [0.1, 0.15) is 32.5 Å². The number of benzene rings is 10. The van der Waals surface area contributed by atoms with Crippen molar-refractivity contribution < 1.29 is 22.8 Å². The molecule has 0 aliphatic heterocycles. The van der Waals surface area contributed by atoms with E-state index in [0.29, 0.717) is 11.8 Å². The van der Waals surface area contributed by atoms with Gasteiger partial charge in [0, 0.05) is 56.4 Å². The highest BCUT2D eigenvalue weighted by Gasteiger charge is 2.46. The SMILES string of the molecule is Cc1ccc2c(c1C)-c1c3c(cc(C(C)C)cc3nc[n+]1C)C2(C)C.Cc1ccc2c(c1C)-c1c3c(cc(C4CCCC4)cc3cc[n+]1C)C2(C)C.Cc1ccc2c(c1C)-c1c3c(cc(CC(C)(C)C)cc3cc[n+]1C)C2(C)C.Cc1cccc2c1-c1c3c(cc(C(C)C)cc3nc[n+]1C)C2(C)C.Cc1cccc2c1-c1c3c(cc(CC(C)(C)C)cc3cc[n+]1C)C2(C)C. The van der Waals surface area contributed by atoms with E-state index in [1.54, 1.807) is 5.56 Å². The summed E-state index contributed by atoms with van der Waals surface area (Å²) >= 11 is 0. The molecule has 7 nitrogen and oxygen atoms in total. The van der Waals surface area contributed by atoms with E-state index in [1.165, 1.54) is 247 Å². The van der Waals surface area contributed by atoms with Crippen LogP contribution in [0.5, 0.6) is 0 Å². The highest BCUT2D eigenvalue weighted by atomic mass is 15.0. The molecule has 129 heavy (non-hydrogen) atoms. The van der Waals surface area contributed by atoms with Gasteiger partial charge < -0.3 is 0 Å². The summed E-state index contributed by atoms with van der Waals surface area (Å²) in [7, 11) is 10.8. The Bertz CT molecular complexity index is 7190. The Kier molecular flexibility index (Phi) is 22.3. The van der Waals surface area contributed by atoms with E-state index in [2.05, 4.69) is 422 Å². The first-order valence-corrected chi connectivity index (χ1v) is 48.1. The number of hydrogen-bond donors (Lipinski definition) is 0. The van der Waals surface area contributed by atoms with E-state index in [4.69, 9.17) is 9.97 Å². The Labute approximate surface area is 772 Å². The molecule has 5 heterocycles. The largest absolute Gasteiger partial charge is 0.287 e. The first-order chi connectivity index (χ1) is 60.5. The number of aromatic nitrogens is 7. The molecular formula is C122H144N7+5. The number of pyridine rings is 3. The van der Waals surface area contributed by atoms with E-state index < -0.39 is 0 Å². The number of aryl methyl sites for hydroxylation is 10. The average Bonchev–Trinajstić information content (AvgIpc) is 1.47. The molecule has 0 radical (unpaired) electrons. The standard InChI is InChI=1S/C26H30N.C26H32N.C25H30N.C23H27N2.C22H25N2/c1-16-10-11-21-23(17(16)2)25-24-19(12-13-27(25)5)14-20(18-8-6-7-9-18)15-22(24)26(21,3)4;1-16-9-10-20-22(17(16)2)24-23-19(11-12-27(24)8)13-18(15-25(3,4)5)14-21(23)26(20,6)7;1-16-9-8-10-19-21(16)23-22-18(11-12-26(23)7)13-17(15-24(2,3)4)14-20(22)25(19,5)6;1-13(2)16-10-18-21-19(11-16)24-12-25(7)22(21)20-15(4)14(3)8-9-17(20)23(18,5)6;1-13(2)15-10-17-20-18(11-15)23-12-24(6)21(20)19-14(3)8-7-9-16(19)22(17,4)5/h10-15,18H,6-9H2,1-5H3;9-14H,15H2,1-8H3;8-14H,15H2,1-7H3;8-13H,1-7H3;7-13H,1-6H3/q5*+1. The normalized spacial score (nSPS) is 15.7. The second-order valence-corrected chi connectivity index (χ2v) is 45.6. The first-order valence-electron chi connectivity index (χ1n) is 48.1. The van der Waals surface area contributed by atoms with Gasteiger partial charge in [0.15, 0.2) is 29.6 Å². The number of rotatable bonds is 5. The van der Waals surface area contributed by atoms with Crippen LogP contribution in [0.25, 0.3) is 110 Å². The lowest BCUT2D eigenvalue weighted by Gasteiger charge is -2.35. The molecule has 0 spiro atoms. The minimum absolute atomic E-state index is 0.00128. The van der Waals surface area contributed by atoms with E-state index in [1.807, 2.05) is 12.7 Å². The zero-order chi connectivity index (χ0) is 92.8. The summed E-state index contributed by atoms with van der Waals surface area (Å²) in [5.41, 5.74) is 49.3. The second-order valence-electron chi connectivity index (χ2n) is 45.6. The van der Waals surface area contributed by atoms with E-state index >= 15 is 0 Å². The third-order valence-corrected chi connectivity index (χ3v) is 31.3. The Morgan fingerprint density at radius 3 is 0.961 bits per heavy atom. The second kappa shape index (κ2) is 32.0. The van der Waals surface area contributed by atoms with Crippen molar-refractivity contribution in [1.82, 2.24) is 9.97 Å². The number of hydrogen-bond acceptors (Lipinski definition) is 2. The molecule has 0 atom stereocenters. The van der Waals surface area contributed by atoms with Crippen molar-refractivity contribution in [3.05, 3.63) is 311 Å². The van der Waals surface area contributed by atoms with Crippen LogP contribution in [0.2, 0.25) is 0 Å². The third kappa shape index (κ3) is 15.0. The molecule has 0 N–H and O–H groups in total.